The van der Waals surface area contributed by atoms with Crippen molar-refractivity contribution in [2.75, 3.05) is 0 Å². The van der Waals surface area contributed by atoms with E-state index in [1.807, 2.05) is 6.92 Å². The minimum Gasteiger partial charge on any atom is -0.480 e. The molecule has 0 bridgehead atoms. The molecule has 0 saturated carbocycles. The Labute approximate surface area is 163 Å². The fourth-order valence-corrected chi connectivity index (χ4v) is 3.88. The smallest absolute Gasteiger partial charge is 0.326 e. The molecule has 1 amide bonds. The lowest BCUT2D eigenvalue weighted by atomic mass is 10.1. The molecule has 2 aromatic carbocycles. The molecular formula is C19H17N3O5S. The Morgan fingerprint density at radius 1 is 1.25 bits per heavy atom. The molecule has 0 spiro atoms. The minimum absolute atomic E-state index is 0.157. The SMILES string of the molecule is CCC(C(=O)O)n1c(=NC(=O)c2ccc(C)cc2)sc2ccc([N+](=O)[O-])cc21. The summed E-state index contributed by atoms with van der Waals surface area (Å²) in [5.74, 6) is -1.60. The summed E-state index contributed by atoms with van der Waals surface area (Å²) in [6, 6.07) is 10.1. The van der Waals surface area contributed by atoms with E-state index < -0.39 is 22.8 Å². The lowest BCUT2D eigenvalue weighted by Gasteiger charge is -2.13. The Balaban J connectivity index is 2.25. The molecule has 0 aliphatic carbocycles. The molecule has 9 heteroatoms. The third-order valence-corrected chi connectivity index (χ3v) is 5.34. The highest BCUT2D eigenvalue weighted by Crippen LogP contribution is 2.26. The molecule has 0 fully saturated rings. The zero-order valence-corrected chi connectivity index (χ0v) is 16.0. The van der Waals surface area contributed by atoms with E-state index in [9.17, 15) is 24.8 Å². The molecule has 144 valence electrons. The molecule has 1 N–H and O–H groups in total. The molecule has 0 radical (unpaired) electrons. The van der Waals surface area contributed by atoms with Crippen molar-refractivity contribution in [3.8, 4) is 0 Å². The Bertz CT molecular complexity index is 1140. The Kier molecular flexibility index (Phi) is 5.36. The van der Waals surface area contributed by atoms with Crippen LogP contribution >= 0.6 is 11.3 Å². The Morgan fingerprint density at radius 3 is 2.50 bits per heavy atom. The lowest BCUT2D eigenvalue weighted by molar-refractivity contribution is -0.384. The van der Waals surface area contributed by atoms with Crippen LogP contribution in [0, 0.1) is 17.0 Å². The number of aromatic nitrogens is 1. The topological polar surface area (TPSA) is 115 Å². The maximum absolute atomic E-state index is 12.6. The number of hydrogen-bond acceptors (Lipinski definition) is 5. The van der Waals surface area contributed by atoms with Crippen molar-refractivity contribution in [1.82, 2.24) is 4.57 Å². The van der Waals surface area contributed by atoms with Crippen LogP contribution in [0.15, 0.2) is 47.5 Å². The summed E-state index contributed by atoms with van der Waals surface area (Å²) in [7, 11) is 0. The first-order chi connectivity index (χ1) is 13.3. The third kappa shape index (κ3) is 3.70. The number of carbonyl (C=O) groups excluding carboxylic acids is 1. The van der Waals surface area contributed by atoms with Gasteiger partial charge in [0.15, 0.2) is 4.80 Å². The zero-order valence-electron chi connectivity index (χ0n) is 15.2. The summed E-state index contributed by atoms with van der Waals surface area (Å²) in [6.45, 7) is 3.59. The number of nitro groups is 1. The van der Waals surface area contributed by atoms with E-state index in [-0.39, 0.29) is 16.9 Å². The molecule has 1 unspecified atom stereocenters. The van der Waals surface area contributed by atoms with Gasteiger partial charge in [-0.15, -0.1) is 0 Å². The predicted octanol–water partition coefficient (Wildman–Crippen LogP) is 3.70. The van der Waals surface area contributed by atoms with E-state index in [0.29, 0.717) is 15.8 Å². The van der Waals surface area contributed by atoms with Gasteiger partial charge in [-0.25, -0.2) is 4.79 Å². The van der Waals surface area contributed by atoms with Gasteiger partial charge in [-0.05, 0) is 31.5 Å². The van der Waals surface area contributed by atoms with Crippen LogP contribution in [-0.2, 0) is 4.79 Å². The largest absolute Gasteiger partial charge is 0.480 e. The van der Waals surface area contributed by atoms with Crippen molar-refractivity contribution in [3.05, 3.63) is 68.5 Å². The molecular weight excluding hydrogens is 382 g/mol. The first kappa shape index (κ1) is 19.4. The number of carboxylic acid groups (broad SMARTS) is 1. The van der Waals surface area contributed by atoms with Crippen molar-refractivity contribution in [2.45, 2.75) is 26.3 Å². The number of non-ortho nitro benzene ring substituents is 1. The van der Waals surface area contributed by atoms with Crippen LogP contribution in [0.25, 0.3) is 10.2 Å². The highest BCUT2D eigenvalue weighted by Gasteiger charge is 2.23. The summed E-state index contributed by atoms with van der Waals surface area (Å²) in [5.41, 5.74) is 1.58. The molecule has 8 nitrogen and oxygen atoms in total. The van der Waals surface area contributed by atoms with E-state index in [2.05, 4.69) is 4.99 Å². The molecule has 3 rings (SSSR count). The van der Waals surface area contributed by atoms with Gasteiger partial charge in [-0.2, -0.15) is 4.99 Å². The van der Waals surface area contributed by atoms with Gasteiger partial charge in [0, 0.05) is 17.7 Å². The van der Waals surface area contributed by atoms with Gasteiger partial charge in [-0.3, -0.25) is 14.9 Å². The number of rotatable bonds is 5. The molecule has 1 heterocycles. The Morgan fingerprint density at radius 2 is 1.93 bits per heavy atom. The summed E-state index contributed by atoms with van der Waals surface area (Å²) in [5, 5.41) is 20.7. The van der Waals surface area contributed by atoms with Crippen LogP contribution in [0.3, 0.4) is 0 Å². The quantitative estimate of drug-likeness (QED) is 0.519. The van der Waals surface area contributed by atoms with Crippen molar-refractivity contribution in [1.29, 1.82) is 0 Å². The third-order valence-electron chi connectivity index (χ3n) is 4.30. The summed E-state index contributed by atoms with van der Waals surface area (Å²) >= 11 is 1.12. The number of amides is 1. The number of nitro benzene ring substituents is 1. The van der Waals surface area contributed by atoms with E-state index in [1.165, 1.54) is 16.7 Å². The fraction of sp³-hybridized carbons (Fsp3) is 0.211. The van der Waals surface area contributed by atoms with Crippen LogP contribution in [0.2, 0.25) is 0 Å². The number of thiazole rings is 1. The second-order valence-electron chi connectivity index (χ2n) is 6.21. The molecule has 1 atom stereocenters. The highest BCUT2D eigenvalue weighted by molar-refractivity contribution is 7.16. The predicted molar refractivity (Wildman–Crippen MR) is 105 cm³/mol. The van der Waals surface area contributed by atoms with E-state index >= 15 is 0 Å². The highest BCUT2D eigenvalue weighted by atomic mass is 32.1. The van der Waals surface area contributed by atoms with Crippen LogP contribution in [0.5, 0.6) is 0 Å². The lowest BCUT2D eigenvalue weighted by Crippen LogP contribution is -2.27. The number of aryl methyl sites for hydroxylation is 1. The van der Waals surface area contributed by atoms with Gasteiger partial charge in [0.1, 0.15) is 6.04 Å². The van der Waals surface area contributed by atoms with Crippen LogP contribution in [0.4, 0.5) is 5.69 Å². The first-order valence-corrected chi connectivity index (χ1v) is 9.31. The number of nitrogens with zero attached hydrogens (tertiary/aromatic N) is 3. The number of hydrogen-bond donors (Lipinski definition) is 1. The molecule has 3 aromatic rings. The minimum atomic E-state index is -1.10. The average molecular weight is 399 g/mol. The Hall–Kier alpha value is -3.33. The number of aliphatic carboxylic acids is 1. The van der Waals surface area contributed by atoms with Crippen molar-refractivity contribution < 1.29 is 19.6 Å². The second kappa shape index (κ2) is 7.73. The normalized spacial score (nSPS) is 12.9. The van der Waals surface area contributed by atoms with E-state index in [0.717, 1.165) is 16.9 Å². The van der Waals surface area contributed by atoms with Crippen LogP contribution in [0.1, 0.15) is 35.3 Å². The molecule has 28 heavy (non-hydrogen) atoms. The number of benzene rings is 2. The van der Waals surface area contributed by atoms with Gasteiger partial charge in [0.2, 0.25) is 0 Å². The number of carbonyl (C=O) groups is 2. The van der Waals surface area contributed by atoms with E-state index in [1.54, 1.807) is 37.3 Å². The summed E-state index contributed by atoms with van der Waals surface area (Å²) in [4.78, 5) is 39.3. The van der Waals surface area contributed by atoms with Crippen molar-refractivity contribution >= 4 is 39.1 Å². The average Bonchev–Trinajstić information content (AvgIpc) is 2.99. The zero-order chi connectivity index (χ0) is 20.4. The van der Waals surface area contributed by atoms with Gasteiger partial charge < -0.3 is 9.67 Å². The molecule has 0 saturated heterocycles. The number of fused-ring (bicyclic) bond motifs is 1. The fourth-order valence-electron chi connectivity index (χ4n) is 2.84. The molecule has 0 aliphatic heterocycles. The van der Waals surface area contributed by atoms with Crippen LogP contribution in [-0.4, -0.2) is 26.5 Å². The van der Waals surface area contributed by atoms with Gasteiger partial charge >= 0.3 is 5.97 Å². The molecule has 1 aromatic heterocycles. The van der Waals surface area contributed by atoms with Crippen molar-refractivity contribution in [3.63, 3.8) is 0 Å². The second-order valence-corrected chi connectivity index (χ2v) is 7.22. The van der Waals surface area contributed by atoms with Gasteiger partial charge in [0.25, 0.3) is 11.6 Å². The van der Waals surface area contributed by atoms with Crippen molar-refractivity contribution in [2.24, 2.45) is 4.99 Å². The maximum Gasteiger partial charge on any atom is 0.326 e. The summed E-state index contributed by atoms with van der Waals surface area (Å²) in [6.07, 6.45) is 0.232. The first-order valence-electron chi connectivity index (χ1n) is 8.49. The van der Waals surface area contributed by atoms with Crippen LogP contribution < -0.4 is 4.80 Å². The maximum atomic E-state index is 12.6. The summed E-state index contributed by atoms with van der Waals surface area (Å²) < 4.78 is 2.00. The van der Waals surface area contributed by atoms with E-state index in [4.69, 9.17) is 0 Å². The monoisotopic (exact) mass is 399 g/mol. The van der Waals surface area contributed by atoms with Gasteiger partial charge in [-0.1, -0.05) is 36.0 Å². The molecule has 0 aliphatic rings. The number of carboxylic acids is 1. The van der Waals surface area contributed by atoms with Gasteiger partial charge in [0.05, 0.1) is 15.1 Å². The standard InChI is InChI=1S/C19H17N3O5S/c1-3-14(18(24)25)21-15-10-13(22(26)27)8-9-16(15)28-19(21)20-17(23)12-6-4-11(2)5-7-12/h4-10,14H,3H2,1-2H3,(H,24,25).